The third-order valence-corrected chi connectivity index (χ3v) is 3.08. The molecule has 24 heavy (non-hydrogen) atoms. The molecule has 0 radical (unpaired) electrons. The van der Waals surface area contributed by atoms with Crippen LogP contribution in [0.1, 0.15) is 24.6 Å². The van der Waals surface area contributed by atoms with Gasteiger partial charge in [0.15, 0.2) is 5.69 Å². The molecule has 0 saturated heterocycles. The maximum atomic E-state index is 12.5. The van der Waals surface area contributed by atoms with E-state index in [0.29, 0.717) is 12.2 Å². The lowest BCUT2D eigenvalue weighted by molar-refractivity contribution is -0.141. The number of alkyl halides is 3. The molecule has 1 atom stereocenters. The molecule has 5 nitrogen and oxygen atoms in total. The standard InChI is InChI=1S/C15H17F3N4O.ClH/c1-10(19)8-14(23)20-9-11-2-4-12(5-3-11)22-7-6-13(21-22)15(16,17)18;/h2-7,10H,8-9,19H2,1H3,(H,20,23);1H. The molecule has 0 aliphatic carbocycles. The fourth-order valence-corrected chi connectivity index (χ4v) is 1.95. The van der Waals surface area contributed by atoms with E-state index in [4.69, 9.17) is 5.73 Å². The Labute approximate surface area is 143 Å². The molecule has 1 aromatic heterocycles. The van der Waals surface area contributed by atoms with Crippen molar-refractivity contribution in [3.63, 3.8) is 0 Å². The molecule has 1 aromatic carbocycles. The van der Waals surface area contributed by atoms with Gasteiger partial charge >= 0.3 is 6.18 Å². The van der Waals surface area contributed by atoms with Crippen molar-refractivity contribution in [2.45, 2.75) is 32.1 Å². The zero-order valence-electron chi connectivity index (χ0n) is 12.9. The number of halogens is 4. The van der Waals surface area contributed by atoms with E-state index < -0.39 is 11.9 Å². The molecule has 2 rings (SSSR count). The Bertz CT molecular complexity index is 668. The number of carbonyl (C=O) groups is 1. The van der Waals surface area contributed by atoms with Crippen molar-refractivity contribution in [2.24, 2.45) is 5.73 Å². The Kier molecular flexibility index (Phi) is 6.80. The van der Waals surface area contributed by atoms with Gasteiger partial charge in [0.25, 0.3) is 0 Å². The molecule has 9 heteroatoms. The molecule has 1 amide bonds. The monoisotopic (exact) mass is 362 g/mol. The van der Waals surface area contributed by atoms with Crippen LogP contribution < -0.4 is 11.1 Å². The SMILES string of the molecule is CC(N)CC(=O)NCc1ccc(-n2ccc(C(F)(F)F)n2)cc1.Cl. The van der Waals surface area contributed by atoms with Crippen LogP contribution in [0.25, 0.3) is 5.69 Å². The average Bonchev–Trinajstić information content (AvgIpc) is 2.95. The highest BCUT2D eigenvalue weighted by Gasteiger charge is 2.33. The third kappa shape index (κ3) is 5.54. The number of hydrogen-bond acceptors (Lipinski definition) is 3. The first kappa shape index (κ1) is 20.0. The van der Waals surface area contributed by atoms with Crippen LogP contribution >= 0.6 is 12.4 Å². The lowest BCUT2D eigenvalue weighted by Crippen LogP contribution is -2.29. The van der Waals surface area contributed by atoms with Crippen molar-refractivity contribution >= 4 is 18.3 Å². The highest BCUT2D eigenvalue weighted by atomic mass is 35.5. The van der Waals surface area contributed by atoms with Crippen molar-refractivity contribution in [1.29, 1.82) is 0 Å². The van der Waals surface area contributed by atoms with Crippen LogP contribution in [-0.4, -0.2) is 21.7 Å². The zero-order chi connectivity index (χ0) is 17.0. The molecule has 0 fully saturated rings. The highest BCUT2D eigenvalue weighted by molar-refractivity contribution is 5.85. The quantitative estimate of drug-likeness (QED) is 0.858. The molecule has 3 N–H and O–H groups in total. The van der Waals surface area contributed by atoms with Crippen molar-refractivity contribution in [1.82, 2.24) is 15.1 Å². The van der Waals surface area contributed by atoms with Gasteiger partial charge in [-0.1, -0.05) is 12.1 Å². The van der Waals surface area contributed by atoms with Crippen molar-refractivity contribution in [3.8, 4) is 5.69 Å². The van der Waals surface area contributed by atoms with Gasteiger partial charge in [0.1, 0.15) is 0 Å². The van der Waals surface area contributed by atoms with Crippen molar-refractivity contribution in [2.75, 3.05) is 0 Å². The summed E-state index contributed by atoms with van der Waals surface area (Å²) in [6.07, 6.45) is -2.97. The minimum Gasteiger partial charge on any atom is -0.352 e. The van der Waals surface area contributed by atoms with E-state index in [-0.39, 0.29) is 30.8 Å². The first-order valence-corrected chi connectivity index (χ1v) is 7.00. The predicted octanol–water partition coefficient (Wildman–Crippen LogP) is 2.67. The van der Waals surface area contributed by atoms with E-state index >= 15 is 0 Å². The summed E-state index contributed by atoms with van der Waals surface area (Å²) in [6.45, 7) is 2.08. The van der Waals surface area contributed by atoms with Crippen LogP contribution in [0.15, 0.2) is 36.5 Å². The van der Waals surface area contributed by atoms with Crippen LogP contribution in [0.4, 0.5) is 13.2 Å². The van der Waals surface area contributed by atoms with Crippen LogP contribution in [0.3, 0.4) is 0 Å². The zero-order valence-corrected chi connectivity index (χ0v) is 13.7. The van der Waals surface area contributed by atoms with Gasteiger partial charge in [-0.25, -0.2) is 4.68 Å². The average molecular weight is 363 g/mol. The normalized spacial score (nSPS) is 12.4. The third-order valence-electron chi connectivity index (χ3n) is 3.08. The van der Waals surface area contributed by atoms with Crippen molar-refractivity contribution in [3.05, 3.63) is 47.8 Å². The molecular weight excluding hydrogens is 345 g/mol. The molecule has 0 aliphatic rings. The largest absolute Gasteiger partial charge is 0.435 e. The summed E-state index contributed by atoms with van der Waals surface area (Å²) in [7, 11) is 0. The summed E-state index contributed by atoms with van der Waals surface area (Å²) in [5, 5.41) is 6.22. The van der Waals surface area contributed by atoms with Gasteiger partial charge < -0.3 is 11.1 Å². The number of nitrogens with two attached hydrogens (primary N) is 1. The van der Waals surface area contributed by atoms with Gasteiger partial charge in [-0.2, -0.15) is 18.3 Å². The molecule has 0 bridgehead atoms. The summed E-state index contributed by atoms with van der Waals surface area (Å²) in [6, 6.07) is 7.43. The second kappa shape index (κ2) is 8.16. The Morgan fingerprint density at radius 3 is 2.42 bits per heavy atom. The van der Waals surface area contributed by atoms with Crippen LogP contribution in [0, 0.1) is 0 Å². The van der Waals surface area contributed by atoms with Crippen LogP contribution in [-0.2, 0) is 17.5 Å². The molecule has 1 unspecified atom stereocenters. The maximum absolute atomic E-state index is 12.5. The minimum absolute atomic E-state index is 0. The van der Waals surface area contributed by atoms with Gasteiger partial charge in [-0.15, -0.1) is 12.4 Å². The van der Waals surface area contributed by atoms with E-state index in [1.54, 1.807) is 31.2 Å². The molecule has 0 saturated carbocycles. The Morgan fingerprint density at radius 2 is 1.92 bits per heavy atom. The second-order valence-corrected chi connectivity index (χ2v) is 5.27. The van der Waals surface area contributed by atoms with E-state index in [2.05, 4.69) is 10.4 Å². The molecule has 0 aliphatic heterocycles. The molecular formula is C15H18ClF3N4O. The maximum Gasteiger partial charge on any atom is 0.435 e. The number of aromatic nitrogens is 2. The van der Waals surface area contributed by atoms with Gasteiger partial charge in [-0.3, -0.25) is 4.79 Å². The second-order valence-electron chi connectivity index (χ2n) is 5.27. The number of nitrogens with one attached hydrogen (secondary N) is 1. The number of nitrogens with zero attached hydrogens (tertiary/aromatic N) is 2. The predicted molar refractivity (Wildman–Crippen MR) is 85.9 cm³/mol. The molecule has 0 spiro atoms. The van der Waals surface area contributed by atoms with E-state index in [9.17, 15) is 18.0 Å². The molecule has 2 aromatic rings. The van der Waals surface area contributed by atoms with Gasteiger partial charge in [0.05, 0.1) is 5.69 Å². The summed E-state index contributed by atoms with van der Waals surface area (Å²) in [5.41, 5.74) is 5.92. The van der Waals surface area contributed by atoms with E-state index in [1.165, 1.54) is 6.20 Å². The topological polar surface area (TPSA) is 72.9 Å². The van der Waals surface area contributed by atoms with Gasteiger partial charge in [0, 0.05) is 25.2 Å². The summed E-state index contributed by atoms with van der Waals surface area (Å²) in [4.78, 5) is 11.5. The summed E-state index contributed by atoms with van der Waals surface area (Å²) >= 11 is 0. The first-order valence-electron chi connectivity index (χ1n) is 7.00. The lowest BCUT2D eigenvalue weighted by Gasteiger charge is -2.08. The minimum atomic E-state index is -4.46. The Hall–Kier alpha value is -2.06. The first-order chi connectivity index (χ1) is 10.8. The van der Waals surface area contributed by atoms with Crippen molar-refractivity contribution < 1.29 is 18.0 Å². The smallest absolute Gasteiger partial charge is 0.352 e. The molecule has 132 valence electrons. The number of hydrogen-bond donors (Lipinski definition) is 2. The van der Waals surface area contributed by atoms with E-state index in [0.717, 1.165) is 16.3 Å². The van der Waals surface area contributed by atoms with Gasteiger partial charge in [-0.05, 0) is 30.7 Å². The molecule has 1 heterocycles. The number of benzene rings is 1. The van der Waals surface area contributed by atoms with Crippen LogP contribution in [0.5, 0.6) is 0 Å². The van der Waals surface area contributed by atoms with Gasteiger partial charge in [0.2, 0.25) is 5.91 Å². The Morgan fingerprint density at radius 1 is 1.29 bits per heavy atom. The van der Waals surface area contributed by atoms with Crippen LogP contribution in [0.2, 0.25) is 0 Å². The fraction of sp³-hybridized carbons (Fsp3) is 0.333. The van der Waals surface area contributed by atoms with E-state index in [1.807, 2.05) is 0 Å². The Balaban J connectivity index is 0.00000288. The fourth-order valence-electron chi connectivity index (χ4n) is 1.95. The summed E-state index contributed by atoms with van der Waals surface area (Å²) in [5.74, 6) is -0.147. The summed E-state index contributed by atoms with van der Waals surface area (Å²) < 4.78 is 38.7. The highest BCUT2D eigenvalue weighted by Crippen LogP contribution is 2.27. The lowest BCUT2D eigenvalue weighted by atomic mass is 10.2. The number of carbonyl (C=O) groups excluding carboxylic acids is 1. The number of amides is 1. The number of rotatable bonds is 5.